The van der Waals surface area contributed by atoms with Crippen LogP contribution in [0.5, 0.6) is 0 Å². The van der Waals surface area contributed by atoms with Crippen LogP contribution in [0.4, 0.5) is 0 Å². The first-order valence-corrected chi connectivity index (χ1v) is 0. The molecular weight excluding hydrogens is 326 g/mol. The molecule has 0 unspecified atom stereocenters. The average molecular weight is 326 g/mol. The topological polar surface area (TPSA) is 28.5 Å². The molecule has 0 aliphatic heterocycles. The van der Waals surface area contributed by atoms with Gasteiger partial charge in [0, 0.05) is 0 Å². The van der Waals surface area contributed by atoms with Crippen LogP contribution in [-0.2, 0) is 70.8 Å². The molecule has 0 aromatic heterocycles. The van der Waals surface area contributed by atoms with Crippen LogP contribution in [-0.4, -0.2) is 23.9 Å². The van der Waals surface area contributed by atoms with Crippen LogP contribution < -0.4 is 0 Å². The standard InChI is InChI=1S/Cr.O.Sn.Ti.Zr/q+3;-2;3*+4. The molecule has 0 heterocycles. The van der Waals surface area contributed by atoms with Crippen molar-refractivity contribution in [2.75, 3.05) is 0 Å². The van der Waals surface area contributed by atoms with Crippen LogP contribution in [0.3, 0.4) is 0 Å². The van der Waals surface area contributed by atoms with Crippen molar-refractivity contribution in [2.45, 2.75) is 0 Å². The summed E-state index contributed by atoms with van der Waals surface area (Å²) in [4.78, 5) is 0. The van der Waals surface area contributed by atoms with Gasteiger partial charge in [-0.05, 0) is 0 Å². The summed E-state index contributed by atoms with van der Waals surface area (Å²) in [6.45, 7) is 0. The Morgan fingerprint density at radius 1 is 1.00 bits per heavy atom. The van der Waals surface area contributed by atoms with Gasteiger partial charge in [0.1, 0.15) is 0 Å². The second-order valence-corrected chi connectivity index (χ2v) is 0. The molecule has 0 saturated heterocycles. The molecule has 0 bridgehead atoms. The number of hydrogen-bond acceptors (Lipinski definition) is 0. The van der Waals surface area contributed by atoms with Crippen molar-refractivity contribution >= 4 is 23.9 Å². The van der Waals surface area contributed by atoms with E-state index in [-0.39, 0.29) is 94.7 Å². The van der Waals surface area contributed by atoms with Gasteiger partial charge >= 0.3 is 89.2 Å². The Morgan fingerprint density at radius 2 is 1.00 bits per heavy atom. The van der Waals surface area contributed by atoms with E-state index in [0.29, 0.717) is 0 Å². The molecule has 0 amide bonds. The van der Waals surface area contributed by atoms with Gasteiger partial charge in [-0.1, -0.05) is 0 Å². The van der Waals surface area contributed by atoms with Gasteiger partial charge in [-0.25, -0.2) is 0 Å². The summed E-state index contributed by atoms with van der Waals surface area (Å²) in [5.74, 6) is 0. The molecule has 0 spiro atoms. The van der Waals surface area contributed by atoms with E-state index in [0.717, 1.165) is 0 Å². The van der Waals surface area contributed by atoms with Crippen LogP contribution in [0.15, 0.2) is 0 Å². The van der Waals surface area contributed by atoms with Gasteiger partial charge in [-0.15, -0.1) is 0 Å². The molecule has 0 aromatic carbocycles. The van der Waals surface area contributed by atoms with E-state index in [4.69, 9.17) is 0 Å². The molecule has 0 N–H and O–H groups in total. The predicted molar refractivity (Wildman–Crippen MR) is 6.44 cm³/mol. The third-order valence-electron chi connectivity index (χ3n) is 0. The maximum atomic E-state index is 0. The fraction of sp³-hybridized carbons (Fsp3) is 0. The van der Waals surface area contributed by atoms with Crippen LogP contribution in [0.25, 0.3) is 0 Å². The number of hydrogen-bond donors (Lipinski definition) is 0. The summed E-state index contributed by atoms with van der Waals surface area (Å²) >= 11 is 0. The minimum Gasteiger partial charge on any atom is -2.00 e. The molecule has 0 aliphatic carbocycles. The van der Waals surface area contributed by atoms with Crippen molar-refractivity contribution < 1.29 is 70.8 Å². The van der Waals surface area contributed by atoms with Crippen LogP contribution in [0.1, 0.15) is 0 Å². The predicted octanol–water partition coefficient (Wildman–Crippen LogP) is -0.507. The quantitative estimate of drug-likeness (QED) is 0.537. The zero-order valence-electron chi connectivity index (χ0n) is 2.32. The van der Waals surface area contributed by atoms with E-state index in [9.17, 15) is 0 Å². The van der Waals surface area contributed by atoms with E-state index in [1.807, 2.05) is 0 Å². The van der Waals surface area contributed by atoms with Crippen molar-refractivity contribution in [3.63, 3.8) is 0 Å². The molecule has 1 nitrogen and oxygen atoms in total. The smallest absolute Gasteiger partial charge is 2.00 e. The summed E-state index contributed by atoms with van der Waals surface area (Å²) < 4.78 is 0. The molecule has 0 aromatic rings. The van der Waals surface area contributed by atoms with Crippen molar-refractivity contribution in [3.05, 3.63) is 0 Å². The Bertz CT molecular complexity index is 11.6. The summed E-state index contributed by atoms with van der Waals surface area (Å²) in [7, 11) is 0. The molecule has 0 atom stereocenters. The zero-order valence-corrected chi connectivity index (χ0v) is 10.5. The van der Waals surface area contributed by atoms with Gasteiger partial charge in [0.05, 0.1) is 0 Å². The summed E-state index contributed by atoms with van der Waals surface area (Å²) in [6.07, 6.45) is 0. The molecular formula is CrOSnTiZr+13. The van der Waals surface area contributed by atoms with Gasteiger partial charge in [-0.2, -0.15) is 0 Å². The van der Waals surface area contributed by atoms with E-state index in [2.05, 4.69) is 0 Å². The molecule has 5 heteroatoms. The first-order chi connectivity index (χ1) is 0. The molecule has 1 radical (unpaired) electrons. The second kappa shape index (κ2) is 28.6. The third kappa shape index (κ3) is 19.7. The van der Waals surface area contributed by atoms with Crippen molar-refractivity contribution in [2.24, 2.45) is 0 Å². The largest absolute Gasteiger partial charge is 4.00 e. The fourth-order valence-corrected chi connectivity index (χ4v) is 0. The van der Waals surface area contributed by atoms with Gasteiger partial charge in [-0.3, -0.25) is 0 Å². The van der Waals surface area contributed by atoms with Crippen molar-refractivity contribution in [1.82, 2.24) is 0 Å². The molecule has 11 valence electrons. The number of rotatable bonds is 0. The van der Waals surface area contributed by atoms with Crippen LogP contribution >= 0.6 is 0 Å². The van der Waals surface area contributed by atoms with Crippen LogP contribution in [0, 0.1) is 0 Å². The van der Waals surface area contributed by atoms with Crippen molar-refractivity contribution in [1.29, 1.82) is 0 Å². The maximum Gasteiger partial charge on any atom is 4.00 e. The molecule has 0 rings (SSSR count). The zero-order chi connectivity index (χ0) is 0. The minimum absolute atomic E-state index is 0. The van der Waals surface area contributed by atoms with Gasteiger partial charge in [0.15, 0.2) is 0 Å². The monoisotopic (exact) mass is 326 g/mol. The Morgan fingerprint density at radius 3 is 1.00 bits per heavy atom. The Kier molecular flexibility index (Phi) is 257. The van der Waals surface area contributed by atoms with Gasteiger partial charge in [0.25, 0.3) is 0 Å². The van der Waals surface area contributed by atoms with E-state index in [1.54, 1.807) is 0 Å². The summed E-state index contributed by atoms with van der Waals surface area (Å²) in [5, 5.41) is 0. The summed E-state index contributed by atoms with van der Waals surface area (Å²) in [5.41, 5.74) is 0. The van der Waals surface area contributed by atoms with E-state index >= 15 is 0 Å². The minimum atomic E-state index is 0. The first-order valence-electron chi connectivity index (χ1n) is 0. The third-order valence-corrected chi connectivity index (χ3v) is 0. The Labute approximate surface area is 93.1 Å². The van der Waals surface area contributed by atoms with Crippen molar-refractivity contribution in [3.8, 4) is 0 Å². The van der Waals surface area contributed by atoms with Gasteiger partial charge in [0.2, 0.25) is 0 Å². The fourth-order valence-electron chi connectivity index (χ4n) is 0. The van der Waals surface area contributed by atoms with E-state index < -0.39 is 0 Å². The van der Waals surface area contributed by atoms with Crippen LogP contribution in [0.2, 0.25) is 0 Å². The maximum absolute atomic E-state index is 0. The Balaban J connectivity index is 0. The molecule has 5 heavy (non-hydrogen) atoms. The normalized spacial score (nSPS) is 0. The van der Waals surface area contributed by atoms with E-state index in [1.165, 1.54) is 0 Å². The van der Waals surface area contributed by atoms with Gasteiger partial charge < -0.3 is 5.48 Å². The second-order valence-electron chi connectivity index (χ2n) is 0. The molecule has 0 aliphatic rings. The SMILES string of the molecule is [Cr+3].[O-2].[Sn+4].[Ti+4].[Zr+4]. The Hall–Kier alpha value is 2.89. The molecule has 0 fully saturated rings. The first kappa shape index (κ1) is 44.9. The average Bonchev–Trinajstić information content (AvgIpc) is 0. The summed E-state index contributed by atoms with van der Waals surface area (Å²) in [6, 6.07) is 0. The molecule has 0 saturated carbocycles.